The minimum absolute atomic E-state index is 0.559. The maximum absolute atomic E-state index is 4.75. The zero-order valence-electron chi connectivity index (χ0n) is 16.6. The Morgan fingerprint density at radius 2 is 1.66 bits per heavy atom. The lowest BCUT2D eigenvalue weighted by Crippen LogP contribution is -2.07. The number of hydrogen-bond donors (Lipinski definition) is 2. The molecule has 0 atom stereocenters. The number of rotatable bonds is 6. The number of benzene rings is 2. The highest BCUT2D eigenvalue weighted by atomic mass is 15.1. The Balaban J connectivity index is 1.67. The molecule has 2 N–H and O–H groups in total. The molecule has 0 saturated heterocycles. The zero-order valence-corrected chi connectivity index (χ0v) is 16.6. The van der Waals surface area contributed by atoms with Crippen molar-refractivity contribution >= 4 is 17.5 Å². The van der Waals surface area contributed by atoms with Crippen LogP contribution in [0.15, 0.2) is 79.0 Å². The van der Waals surface area contributed by atoms with Gasteiger partial charge in [-0.15, -0.1) is 0 Å². The average Bonchev–Trinajstić information content (AvgIpc) is 2.76. The van der Waals surface area contributed by atoms with Crippen LogP contribution in [0.5, 0.6) is 0 Å². The summed E-state index contributed by atoms with van der Waals surface area (Å²) < 4.78 is 0. The van der Waals surface area contributed by atoms with Gasteiger partial charge in [0.25, 0.3) is 0 Å². The molecule has 0 unspecified atom stereocenters. The van der Waals surface area contributed by atoms with E-state index in [9.17, 15) is 0 Å². The topological polar surface area (TPSA) is 62.7 Å². The molecule has 0 aliphatic heterocycles. The van der Waals surface area contributed by atoms with Crippen molar-refractivity contribution in [1.82, 2.24) is 15.0 Å². The molecule has 2 aromatic heterocycles. The summed E-state index contributed by atoms with van der Waals surface area (Å²) in [6.45, 7) is 4.74. The SMILES string of the molecule is Cc1ccc(C)c(Nc2nc(NCc3ccccn3)cc(-c3ccccc3)n2)c1. The zero-order chi connectivity index (χ0) is 20.1. The molecule has 0 amide bonds. The molecule has 29 heavy (non-hydrogen) atoms. The summed E-state index contributed by atoms with van der Waals surface area (Å²) in [5, 5.41) is 6.75. The second-order valence-corrected chi connectivity index (χ2v) is 6.95. The second kappa shape index (κ2) is 8.52. The molecule has 144 valence electrons. The lowest BCUT2D eigenvalue weighted by molar-refractivity contribution is 1.02. The van der Waals surface area contributed by atoms with Crippen LogP contribution in [0.25, 0.3) is 11.3 Å². The Kier molecular flexibility index (Phi) is 5.47. The molecule has 0 fully saturated rings. The first-order chi connectivity index (χ1) is 14.2. The lowest BCUT2D eigenvalue weighted by atomic mass is 10.1. The van der Waals surface area contributed by atoms with Crippen LogP contribution >= 0.6 is 0 Å². The first kappa shape index (κ1) is 18.6. The lowest BCUT2D eigenvalue weighted by Gasteiger charge is -2.13. The molecule has 5 nitrogen and oxygen atoms in total. The molecule has 2 aromatic carbocycles. The van der Waals surface area contributed by atoms with Crippen molar-refractivity contribution in [3.8, 4) is 11.3 Å². The van der Waals surface area contributed by atoms with E-state index in [0.717, 1.165) is 34.0 Å². The summed E-state index contributed by atoms with van der Waals surface area (Å²) in [7, 11) is 0. The van der Waals surface area contributed by atoms with Crippen LogP contribution in [0.1, 0.15) is 16.8 Å². The third-order valence-corrected chi connectivity index (χ3v) is 4.61. The first-order valence-electron chi connectivity index (χ1n) is 9.60. The van der Waals surface area contributed by atoms with Gasteiger partial charge >= 0.3 is 0 Å². The van der Waals surface area contributed by atoms with E-state index in [0.29, 0.717) is 12.5 Å². The van der Waals surface area contributed by atoms with E-state index in [1.807, 2.05) is 54.6 Å². The molecule has 0 aliphatic carbocycles. The fourth-order valence-corrected chi connectivity index (χ4v) is 3.03. The van der Waals surface area contributed by atoms with Crippen molar-refractivity contribution in [2.45, 2.75) is 20.4 Å². The van der Waals surface area contributed by atoms with Gasteiger partial charge in [0.05, 0.1) is 17.9 Å². The third-order valence-electron chi connectivity index (χ3n) is 4.61. The molecule has 5 heteroatoms. The van der Waals surface area contributed by atoms with Gasteiger partial charge < -0.3 is 10.6 Å². The molecule has 2 heterocycles. The van der Waals surface area contributed by atoms with E-state index < -0.39 is 0 Å². The van der Waals surface area contributed by atoms with Gasteiger partial charge in [0.15, 0.2) is 0 Å². The average molecular weight is 381 g/mol. The summed E-state index contributed by atoms with van der Waals surface area (Å²) in [4.78, 5) is 13.8. The van der Waals surface area contributed by atoms with Gasteiger partial charge in [-0.25, -0.2) is 4.98 Å². The summed E-state index contributed by atoms with van der Waals surface area (Å²) in [6.07, 6.45) is 1.79. The molecule has 0 bridgehead atoms. The van der Waals surface area contributed by atoms with E-state index in [2.05, 4.69) is 52.6 Å². The largest absolute Gasteiger partial charge is 0.364 e. The number of hydrogen-bond acceptors (Lipinski definition) is 5. The van der Waals surface area contributed by atoms with E-state index in [4.69, 9.17) is 4.98 Å². The Morgan fingerprint density at radius 1 is 0.828 bits per heavy atom. The predicted molar refractivity (Wildman–Crippen MR) is 118 cm³/mol. The van der Waals surface area contributed by atoms with Gasteiger partial charge in [0.1, 0.15) is 5.82 Å². The number of aryl methyl sites for hydroxylation is 2. The Bertz CT molecular complexity index is 1090. The van der Waals surface area contributed by atoms with Crippen LogP contribution in [0.4, 0.5) is 17.5 Å². The molecule has 4 rings (SSSR count). The van der Waals surface area contributed by atoms with Gasteiger partial charge in [0.2, 0.25) is 5.95 Å². The molecular formula is C24H23N5. The number of pyridine rings is 1. The summed E-state index contributed by atoms with van der Waals surface area (Å²) >= 11 is 0. The van der Waals surface area contributed by atoms with Crippen LogP contribution in [0, 0.1) is 13.8 Å². The molecule has 0 radical (unpaired) electrons. The summed E-state index contributed by atoms with van der Waals surface area (Å²) in [5.41, 5.74) is 6.19. The van der Waals surface area contributed by atoms with E-state index in [1.54, 1.807) is 6.20 Å². The molecule has 4 aromatic rings. The van der Waals surface area contributed by atoms with Crippen molar-refractivity contribution < 1.29 is 0 Å². The Morgan fingerprint density at radius 3 is 2.45 bits per heavy atom. The highest BCUT2D eigenvalue weighted by molar-refractivity contribution is 5.67. The standard InChI is InChI=1S/C24H23N5/c1-17-11-12-18(2)21(14-17)27-24-28-22(19-8-4-3-5-9-19)15-23(29-24)26-16-20-10-6-7-13-25-20/h3-15H,16H2,1-2H3,(H2,26,27,28,29). The van der Waals surface area contributed by atoms with Crippen molar-refractivity contribution in [3.05, 3.63) is 95.8 Å². The number of nitrogens with one attached hydrogen (secondary N) is 2. The van der Waals surface area contributed by atoms with E-state index in [-0.39, 0.29) is 0 Å². The van der Waals surface area contributed by atoms with Crippen LogP contribution in [0.3, 0.4) is 0 Å². The number of nitrogens with zero attached hydrogens (tertiary/aromatic N) is 3. The van der Waals surface area contributed by atoms with Crippen molar-refractivity contribution in [2.24, 2.45) is 0 Å². The first-order valence-corrected chi connectivity index (χ1v) is 9.60. The summed E-state index contributed by atoms with van der Waals surface area (Å²) in [6, 6.07) is 24.3. The fourth-order valence-electron chi connectivity index (χ4n) is 3.03. The maximum Gasteiger partial charge on any atom is 0.229 e. The summed E-state index contributed by atoms with van der Waals surface area (Å²) in [5.74, 6) is 1.31. The van der Waals surface area contributed by atoms with Gasteiger partial charge in [-0.3, -0.25) is 4.98 Å². The van der Waals surface area contributed by atoms with Crippen molar-refractivity contribution in [1.29, 1.82) is 0 Å². The Hall–Kier alpha value is -3.73. The second-order valence-electron chi connectivity index (χ2n) is 6.95. The van der Waals surface area contributed by atoms with Crippen LogP contribution in [0.2, 0.25) is 0 Å². The molecule has 0 aliphatic rings. The Labute approximate surface area is 170 Å². The monoisotopic (exact) mass is 381 g/mol. The predicted octanol–water partition coefficient (Wildman–Crippen LogP) is 5.51. The smallest absolute Gasteiger partial charge is 0.229 e. The molecule has 0 saturated carbocycles. The van der Waals surface area contributed by atoms with E-state index >= 15 is 0 Å². The highest BCUT2D eigenvalue weighted by Crippen LogP contribution is 2.25. The van der Waals surface area contributed by atoms with E-state index in [1.165, 1.54) is 5.56 Å². The van der Waals surface area contributed by atoms with Gasteiger partial charge in [-0.2, -0.15) is 4.98 Å². The highest BCUT2D eigenvalue weighted by Gasteiger charge is 2.09. The minimum Gasteiger partial charge on any atom is -0.364 e. The normalized spacial score (nSPS) is 10.6. The maximum atomic E-state index is 4.75. The van der Waals surface area contributed by atoms with Gasteiger partial charge in [-0.05, 0) is 43.2 Å². The van der Waals surface area contributed by atoms with Gasteiger partial charge in [0, 0.05) is 23.5 Å². The number of aromatic nitrogens is 3. The van der Waals surface area contributed by atoms with Crippen LogP contribution in [-0.2, 0) is 6.54 Å². The third kappa shape index (κ3) is 4.76. The van der Waals surface area contributed by atoms with Crippen LogP contribution < -0.4 is 10.6 Å². The molecule has 0 spiro atoms. The van der Waals surface area contributed by atoms with Gasteiger partial charge in [-0.1, -0.05) is 48.5 Å². The minimum atomic E-state index is 0.559. The van der Waals surface area contributed by atoms with Crippen molar-refractivity contribution in [3.63, 3.8) is 0 Å². The van der Waals surface area contributed by atoms with Crippen molar-refractivity contribution in [2.75, 3.05) is 10.6 Å². The quantitative estimate of drug-likeness (QED) is 0.461. The fraction of sp³-hybridized carbons (Fsp3) is 0.125. The number of anilines is 3. The molecular weight excluding hydrogens is 358 g/mol. The van der Waals surface area contributed by atoms with Crippen LogP contribution in [-0.4, -0.2) is 15.0 Å².